The number of nitrogens with zero attached hydrogens (tertiary/aromatic N) is 1. The Kier molecular flexibility index (Phi) is 5.05. The number of rotatable bonds is 6. The highest BCUT2D eigenvalue weighted by molar-refractivity contribution is 9.10. The van der Waals surface area contributed by atoms with Crippen molar-refractivity contribution < 1.29 is 14.5 Å². The van der Waals surface area contributed by atoms with Crippen LogP contribution in [-0.4, -0.2) is 17.8 Å². The normalized spacial score (nSPS) is 10.1. The third-order valence-electron chi connectivity index (χ3n) is 2.91. The van der Waals surface area contributed by atoms with E-state index in [2.05, 4.69) is 15.9 Å². The predicted octanol–water partition coefficient (Wildman–Crippen LogP) is 3.79. The predicted molar refractivity (Wildman–Crippen MR) is 81.8 cm³/mol. The molecule has 0 saturated carbocycles. The highest BCUT2D eigenvalue weighted by Crippen LogP contribution is 2.28. The summed E-state index contributed by atoms with van der Waals surface area (Å²) in [6, 6.07) is 11.6. The van der Waals surface area contributed by atoms with E-state index >= 15 is 0 Å². The summed E-state index contributed by atoms with van der Waals surface area (Å²) in [5, 5.41) is 10.6. The smallest absolute Gasteiger partial charge is 0.269 e. The topological polar surface area (TPSA) is 69.4 Å². The van der Waals surface area contributed by atoms with Gasteiger partial charge in [0.05, 0.1) is 21.6 Å². The molecule has 21 heavy (non-hydrogen) atoms. The lowest BCUT2D eigenvalue weighted by atomic mass is 10.1. The maximum absolute atomic E-state index is 10.9. The fourth-order valence-electron chi connectivity index (χ4n) is 1.83. The van der Waals surface area contributed by atoms with Crippen LogP contribution in [0.1, 0.15) is 15.9 Å². The van der Waals surface area contributed by atoms with Gasteiger partial charge in [-0.25, -0.2) is 0 Å². The van der Waals surface area contributed by atoms with Crippen molar-refractivity contribution in [3.8, 4) is 5.75 Å². The van der Waals surface area contributed by atoms with E-state index in [0.29, 0.717) is 24.3 Å². The Hall–Kier alpha value is -2.21. The largest absolute Gasteiger partial charge is 0.491 e. The van der Waals surface area contributed by atoms with E-state index in [1.807, 2.05) is 0 Å². The maximum Gasteiger partial charge on any atom is 0.269 e. The second kappa shape index (κ2) is 6.99. The summed E-state index contributed by atoms with van der Waals surface area (Å²) >= 11 is 3.34. The lowest BCUT2D eigenvalue weighted by molar-refractivity contribution is -0.384. The zero-order valence-corrected chi connectivity index (χ0v) is 12.6. The summed E-state index contributed by atoms with van der Waals surface area (Å²) < 4.78 is 6.35. The highest BCUT2D eigenvalue weighted by atomic mass is 79.9. The molecule has 5 nitrogen and oxygen atoms in total. The van der Waals surface area contributed by atoms with Gasteiger partial charge in [-0.15, -0.1) is 0 Å². The van der Waals surface area contributed by atoms with Crippen molar-refractivity contribution in [2.24, 2.45) is 0 Å². The molecule has 0 radical (unpaired) electrons. The van der Waals surface area contributed by atoms with Crippen LogP contribution in [-0.2, 0) is 6.42 Å². The van der Waals surface area contributed by atoms with Crippen molar-refractivity contribution >= 4 is 27.9 Å². The summed E-state index contributed by atoms with van der Waals surface area (Å²) in [5.41, 5.74) is 1.47. The number of halogens is 1. The molecule has 0 fully saturated rings. The van der Waals surface area contributed by atoms with Crippen molar-refractivity contribution in [3.05, 3.63) is 68.2 Å². The highest BCUT2D eigenvalue weighted by Gasteiger charge is 2.08. The van der Waals surface area contributed by atoms with Crippen molar-refractivity contribution in [1.29, 1.82) is 0 Å². The number of ether oxygens (including phenoxy) is 1. The van der Waals surface area contributed by atoms with E-state index in [1.165, 1.54) is 12.1 Å². The minimum Gasteiger partial charge on any atom is -0.491 e. The fraction of sp³-hybridized carbons (Fsp3) is 0.133. The molecule has 0 amide bonds. The monoisotopic (exact) mass is 349 g/mol. The van der Waals surface area contributed by atoms with E-state index < -0.39 is 4.92 Å². The number of carbonyl (C=O) groups excluding carboxylic acids is 1. The van der Waals surface area contributed by atoms with E-state index in [0.717, 1.165) is 16.3 Å². The molecule has 0 spiro atoms. The number of benzene rings is 2. The number of non-ortho nitro benzene ring substituents is 1. The van der Waals surface area contributed by atoms with Crippen LogP contribution in [0.5, 0.6) is 5.75 Å². The zero-order chi connectivity index (χ0) is 15.2. The number of carbonyl (C=O) groups is 1. The molecular formula is C15H12BrNO4. The molecule has 6 heteroatoms. The summed E-state index contributed by atoms with van der Waals surface area (Å²) in [5.74, 6) is 0.509. The SMILES string of the molecule is O=Cc1cccc(Br)c1OCCc1ccc([N+](=O)[O-])cc1. The third-order valence-corrected chi connectivity index (χ3v) is 3.53. The molecule has 0 bridgehead atoms. The van der Waals surface area contributed by atoms with Gasteiger partial charge in [0.2, 0.25) is 0 Å². The van der Waals surface area contributed by atoms with Crippen LogP contribution < -0.4 is 4.74 Å². The molecule has 0 aliphatic carbocycles. The molecule has 0 saturated heterocycles. The fourth-order valence-corrected chi connectivity index (χ4v) is 2.32. The molecule has 2 rings (SSSR count). The Morgan fingerprint density at radius 3 is 2.52 bits per heavy atom. The van der Waals surface area contributed by atoms with Crippen LogP contribution in [0, 0.1) is 10.1 Å². The molecule has 0 atom stereocenters. The number of hydrogen-bond acceptors (Lipinski definition) is 4. The van der Waals surface area contributed by atoms with Gasteiger partial charge in [0.15, 0.2) is 6.29 Å². The standard InChI is InChI=1S/C15H12BrNO4/c16-14-3-1-2-12(10-18)15(14)21-9-8-11-4-6-13(7-5-11)17(19)20/h1-7,10H,8-9H2. The minimum absolute atomic E-state index is 0.0636. The molecule has 0 heterocycles. The van der Waals surface area contributed by atoms with Gasteiger partial charge in [-0.1, -0.05) is 18.2 Å². The van der Waals surface area contributed by atoms with Crippen LogP contribution in [0.3, 0.4) is 0 Å². The second-order valence-electron chi connectivity index (χ2n) is 4.30. The molecule has 108 valence electrons. The quantitative estimate of drug-likeness (QED) is 0.452. The van der Waals surface area contributed by atoms with Crippen LogP contribution >= 0.6 is 15.9 Å². The second-order valence-corrected chi connectivity index (χ2v) is 5.15. The van der Waals surface area contributed by atoms with E-state index in [9.17, 15) is 14.9 Å². The average Bonchev–Trinajstić information content (AvgIpc) is 2.49. The molecular weight excluding hydrogens is 338 g/mol. The van der Waals surface area contributed by atoms with Gasteiger partial charge < -0.3 is 4.74 Å². The van der Waals surface area contributed by atoms with Gasteiger partial charge in [-0.2, -0.15) is 0 Å². The van der Waals surface area contributed by atoms with Crippen molar-refractivity contribution in [2.75, 3.05) is 6.61 Å². The zero-order valence-electron chi connectivity index (χ0n) is 11.0. The summed E-state index contributed by atoms with van der Waals surface area (Å²) in [4.78, 5) is 21.1. The Labute approximate surface area is 129 Å². The van der Waals surface area contributed by atoms with Gasteiger partial charge >= 0.3 is 0 Å². The van der Waals surface area contributed by atoms with E-state index in [1.54, 1.807) is 30.3 Å². The van der Waals surface area contributed by atoms with Gasteiger partial charge in [0, 0.05) is 18.6 Å². The number of para-hydroxylation sites is 1. The van der Waals surface area contributed by atoms with Crippen molar-refractivity contribution in [1.82, 2.24) is 0 Å². The third kappa shape index (κ3) is 3.88. The molecule has 0 aliphatic rings. The first kappa shape index (κ1) is 15.2. The molecule has 0 aromatic heterocycles. The summed E-state index contributed by atoms with van der Waals surface area (Å²) in [7, 11) is 0. The first-order chi connectivity index (χ1) is 10.1. The molecule has 0 unspecified atom stereocenters. The number of hydrogen-bond donors (Lipinski definition) is 0. The summed E-state index contributed by atoms with van der Waals surface area (Å²) in [6.07, 6.45) is 1.34. The van der Waals surface area contributed by atoms with E-state index in [-0.39, 0.29) is 5.69 Å². The number of nitro groups is 1. The number of nitro benzene ring substituents is 1. The van der Waals surface area contributed by atoms with E-state index in [4.69, 9.17) is 4.74 Å². The van der Waals surface area contributed by atoms with Gasteiger partial charge in [0.1, 0.15) is 5.75 Å². The number of aldehydes is 1. The van der Waals surface area contributed by atoms with Crippen molar-refractivity contribution in [2.45, 2.75) is 6.42 Å². The van der Waals surface area contributed by atoms with Crippen LogP contribution in [0.25, 0.3) is 0 Å². The first-order valence-corrected chi connectivity index (χ1v) is 7.01. The molecule has 2 aromatic rings. The van der Waals surface area contributed by atoms with Gasteiger partial charge in [0.25, 0.3) is 5.69 Å². The van der Waals surface area contributed by atoms with Crippen LogP contribution in [0.4, 0.5) is 5.69 Å². The summed E-state index contributed by atoms with van der Waals surface area (Å²) in [6.45, 7) is 0.376. The minimum atomic E-state index is -0.433. The lowest BCUT2D eigenvalue weighted by Crippen LogP contribution is -2.04. The van der Waals surface area contributed by atoms with Crippen LogP contribution in [0.15, 0.2) is 46.9 Å². The Balaban J connectivity index is 1.98. The van der Waals surface area contributed by atoms with Crippen molar-refractivity contribution in [3.63, 3.8) is 0 Å². The van der Waals surface area contributed by atoms with Gasteiger partial charge in [-0.3, -0.25) is 14.9 Å². The Bertz CT molecular complexity index is 655. The van der Waals surface area contributed by atoms with Gasteiger partial charge in [-0.05, 0) is 33.6 Å². The molecule has 0 aliphatic heterocycles. The average molecular weight is 350 g/mol. The Morgan fingerprint density at radius 2 is 1.90 bits per heavy atom. The molecule has 0 N–H and O–H groups in total. The van der Waals surface area contributed by atoms with Crippen LogP contribution in [0.2, 0.25) is 0 Å². The molecule has 2 aromatic carbocycles. The lowest BCUT2D eigenvalue weighted by Gasteiger charge is -2.10. The maximum atomic E-state index is 10.9. The Morgan fingerprint density at radius 1 is 1.19 bits per heavy atom. The first-order valence-electron chi connectivity index (χ1n) is 6.21.